The highest BCUT2D eigenvalue weighted by Crippen LogP contribution is 2.29. The van der Waals surface area contributed by atoms with Gasteiger partial charge < -0.3 is 10.0 Å². The van der Waals surface area contributed by atoms with Crippen LogP contribution in [-0.2, 0) is 0 Å². The van der Waals surface area contributed by atoms with Crippen molar-refractivity contribution < 1.29 is 5.11 Å². The van der Waals surface area contributed by atoms with E-state index in [1.807, 2.05) is 19.2 Å². The number of aliphatic hydroxyl groups is 1. The molecule has 0 bridgehead atoms. The molecule has 0 aromatic carbocycles. The van der Waals surface area contributed by atoms with Crippen molar-refractivity contribution in [2.75, 3.05) is 25.1 Å². The van der Waals surface area contributed by atoms with Crippen molar-refractivity contribution in [2.45, 2.75) is 13.8 Å². The minimum Gasteiger partial charge on any atom is -0.396 e. The first kappa shape index (κ1) is 12.8. The van der Waals surface area contributed by atoms with Crippen molar-refractivity contribution in [3.63, 3.8) is 0 Å². The molecular formula is C11H18ClNOS. The zero-order chi connectivity index (χ0) is 11.4. The molecule has 1 aromatic heterocycles. The van der Waals surface area contributed by atoms with Gasteiger partial charge in [0.25, 0.3) is 0 Å². The Morgan fingerprint density at radius 3 is 2.53 bits per heavy atom. The van der Waals surface area contributed by atoms with E-state index < -0.39 is 0 Å². The third-order valence-corrected chi connectivity index (χ3v) is 3.97. The topological polar surface area (TPSA) is 23.5 Å². The summed E-state index contributed by atoms with van der Waals surface area (Å²) < 4.78 is 0.807. The van der Waals surface area contributed by atoms with E-state index in [9.17, 15) is 5.11 Å². The van der Waals surface area contributed by atoms with Crippen LogP contribution in [0.5, 0.6) is 0 Å². The number of rotatable bonds is 5. The van der Waals surface area contributed by atoms with Gasteiger partial charge in [-0.3, -0.25) is 0 Å². The van der Waals surface area contributed by atoms with Gasteiger partial charge in [-0.1, -0.05) is 25.4 Å². The second-order valence-electron chi connectivity index (χ2n) is 4.14. The molecule has 0 fully saturated rings. The Hall–Kier alpha value is -0.250. The second kappa shape index (κ2) is 5.73. The van der Waals surface area contributed by atoms with E-state index in [4.69, 9.17) is 11.6 Å². The monoisotopic (exact) mass is 247 g/mol. The van der Waals surface area contributed by atoms with Crippen LogP contribution in [0.3, 0.4) is 0 Å². The maximum atomic E-state index is 9.25. The lowest BCUT2D eigenvalue weighted by atomic mass is 9.96. The summed E-state index contributed by atoms with van der Waals surface area (Å²) in [6.07, 6.45) is 0. The predicted molar refractivity (Wildman–Crippen MR) is 68.0 cm³/mol. The molecular weight excluding hydrogens is 230 g/mol. The molecule has 1 atom stereocenters. The lowest BCUT2D eigenvalue weighted by Crippen LogP contribution is -2.30. The summed E-state index contributed by atoms with van der Waals surface area (Å²) in [7, 11) is 2.03. The van der Waals surface area contributed by atoms with Crippen molar-refractivity contribution in [1.82, 2.24) is 0 Å². The maximum absolute atomic E-state index is 9.25. The number of hydrogen-bond donors (Lipinski definition) is 1. The summed E-state index contributed by atoms with van der Waals surface area (Å²) in [5.41, 5.74) is 0. The summed E-state index contributed by atoms with van der Waals surface area (Å²) in [5.74, 6) is 0.809. The summed E-state index contributed by atoms with van der Waals surface area (Å²) in [6, 6.07) is 3.92. The second-order valence-corrected chi connectivity index (χ2v) is 5.84. The standard InChI is InChI=1S/C11H18ClNOS/c1-8(2)9(7-14)6-13(3)11-5-4-10(12)15-11/h4-5,8-9,14H,6-7H2,1-3H3. The van der Waals surface area contributed by atoms with Gasteiger partial charge in [0.05, 0.1) is 9.34 Å². The molecule has 4 heteroatoms. The van der Waals surface area contributed by atoms with Gasteiger partial charge in [0.1, 0.15) is 0 Å². The van der Waals surface area contributed by atoms with Crippen LogP contribution in [0.15, 0.2) is 12.1 Å². The van der Waals surface area contributed by atoms with Crippen molar-refractivity contribution in [3.8, 4) is 0 Å². The molecule has 0 spiro atoms. The van der Waals surface area contributed by atoms with Gasteiger partial charge in [-0.05, 0) is 18.1 Å². The molecule has 1 rings (SSSR count). The Bertz CT molecular complexity index is 301. The SMILES string of the molecule is CC(C)C(CO)CN(C)c1ccc(Cl)s1. The lowest BCUT2D eigenvalue weighted by molar-refractivity contribution is 0.193. The van der Waals surface area contributed by atoms with Gasteiger partial charge >= 0.3 is 0 Å². The van der Waals surface area contributed by atoms with Crippen LogP contribution in [0.25, 0.3) is 0 Å². The van der Waals surface area contributed by atoms with Crippen molar-refractivity contribution >= 4 is 27.9 Å². The Kier molecular flexibility index (Phi) is 4.90. The van der Waals surface area contributed by atoms with E-state index in [2.05, 4.69) is 18.7 Å². The van der Waals surface area contributed by atoms with Crippen LogP contribution in [0.4, 0.5) is 5.00 Å². The molecule has 0 aliphatic carbocycles. The van der Waals surface area contributed by atoms with Crippen LogP contribution in [-0.4, -0.2) is 25.3 Å². The predicted octanol–water partition coefficient (Wildman–Crippen LogP) is 3.10. The molecule has 1 unspecified atom stereocenters. The molecule has 0 saturated heterocycles. The molecule has 1 N–H and O–H groups in total. The lowest BCUT2D eigenvalue weighted by Gasteiger charge is -2.25. The molecule has 0 radical (unpaired) electrons. The third-order valence-electron chi connectivity index (χ3n) is 2.62. The highest BCUT2D eigenvalue weighted by molar-refractivity contribution is 7.19. The summed E-state index contributed by atoms with van der Waals surface area (Å²) in [4.78, 5) is 2.15. The Balaban J connectivity index is 2.58. The zero-order valence-electron chi connectivity index (χ0n) is 9.40. The van der Waals surface area contributed by atoms with Gasteiger partial charge in [-0.15, -0.1) is 11.3 Å². The van der Waals surface area contributed by atoms with Gasteiger partial charge in [0, 0.05) is 26.1 Å². The van der Waals surface area contributed by atoms with E-state index in [0.29, 0.717) is 11.8 Å². The van der Waals surface area contributed by atoms with Gasteiger partial charge in [-0.2, -0.15) is 0 Å². The quantitative estimate of drug-likeness (QED) is 0.864. The van der Waals surface area contributed by atoms with Crippen LogP contribution < -0.4 is 4.90 Å². The van der Waals surface area contributed by atoms with Gasteiger partial charge in [-0.25, -0.2) is 0 Å². The largest absolute Gasteiger partial charge is 0.396 e. The summed E-state index contributed by atoms with van der Waals surface area (Å²) in [5, 5.41) is 10.4. The fraction of sp³-hybridized carbons (Fsp3) is 0.636. The van der Waals surface area contributed by atoms with Gasteiger partial charge in [0.2, 0.25) is 0 Å². The van der Waals surface area contributed by atoms with Crippen LogP contribution >= 0.6 is 22.9 Å². The molecule has 2 nitrogen and oxygen atoms in total. The number of aliphatic hydroxyl groups excluding tert-OH is 1. The van der Waals surface area contributed by atoms with Crippen LogP contribution in [0.1, 0.15) is 13.8 Å². The summed E-state index contributed by atoms with van der Waals surface area (Å²) in [6.45, 7) is 5.37. The smallest absolute Gasteiger partial charge is 0.0950 e. The van der Waals surface area contributed by atoms with Crippen molar-refractivity contribution in [2.24, 2.45) is 11.8 Å². The first-order valence-electron chi connectivity index (χ1n) is 5.12. The van der Waals surface area contributed by atoms with Crippen LogP contribution in [0.2, 0.25) is 4.34 Å². The molecule has 86 valence electrons. The average Bonchev–Trinajstić information content (AvgIpc) is 2.60. The molecule has 0 amide bonds. The van der Waals surface area contributed by atoms with Crippen LogP contribution in [0, 0.1) is 11.8 Å². The molecule has 15 heavy (non-hydrogen) atoms. The third kappa shape index (κ3) is 3.67. The van der Waals surface area contributed by atoms with E-state index in [1.165, 1.54) is 0 Å². The normalized spacial score (nSPS) is 13.2. The van der Waals surface area contributed by atoms with Crippen molar-refractivity contribution in [3.05, 3.63) is 16.5 Å². The number of halogens is 1. The molecule has 0 saturated carbocycles. The van der Waals surface area contributed by atoms with E-state index in [-0.39, 0.29) is 6.61 Å². The zero-order valence-corrected chi connectivity index (χ0v) is 11.0. The van der Waals surface area contributed by atoms with Crippen molar-refractivity contribution in [1.29, 1.82) is 0 Å². The fourth-order valence-corrected chi connectivity index (χ4v) is 2.43. The highest BCUT2D eigenvalue weighted by atomic mass is 35.5. The minimum atomic E-state index is 0.237. The number of hydrogen-bond acceptors (Lipinski definition) is 3. The molecule has 0 aliphatic rings. The highest BCUT2D eigenvalue weighted by Gasteiger charge is 2.15. The average molecular weight is 248 g/mol. The molecule has 1 heterocycles. The Morgan fingerprint density at radius 1 is 1.47 bits per heavy atom. The minimum absolute atomic E-state index is 0.237. The summed E-state index contributed by atoms with van der Waals surface area (Å²) >= 11 is 7.45. The van der Waals surface area contributed by atoms with Gasteiger partial charge in [0.15, 0.2) is 0 Å². The first-order chi connectivity index (χ1) is 7.04. The van der Waals surface area contributed by atoms with E-state index in [0.717, 1.165) is 15.9 Å². The molecule has 1 aromatic rings. The first-order valence-corrected chi connectivity index (χ1v) is 6.31. The maximum Gasteiger partial charge on any atom is 0.0950 e. The van der Waals surface area contributed by atoms with E-state index in [1.54, 1.807) is 11.3 Å². The number of nitrogens with zero attached hydrogens (tertiary/aromatic N) is 1. The number of anilines is 1. The number of thiophene rings is 1. The van der Waals surface area contributed by atoms with E-state index >= 15 is 0 Å². The fourth-order valence-electron chi connectivity index (χ4n) is 1.43. The Morgan fingerprint density at radius 2 is 2.13 bits per heavy atom. The molecule has 0 aliphatic heterocycles. The Labute approximate surface area is 100 Å².